The Morgan fingerprint density at radius 3 is 3.06 bits per heavy atom. The highest BCUT2D eigenvalue weighted by molar-refractivity contribution is 5.83. The lowest BCUT2D eigenvalue weighted by molar-refractivity contribution is -0.113. The normalized spacial score (nSPS) is 12.8. The van der Waals surface area contributed by atoms with Gasteiger partial charge >= 0.3 is 0 Å². The zero-order valence-electron chi connectivity index (χ0n) is 9.77. The molecule has 0 unspecified atom stereocenters. The predicted octanol–water partition coefficient (Wildman–Crippen LogP) is 1.82. The van der Waals surface area contributed by atoms with Crippen LogP contribution in [0.1, 0.15) is 12.5 Å². The molecule has 90 valence electrons. The summed E-state index contributed by atoms with van der Waals surface area (Å²) in [6.45, 7) is 2.42. The number of benzene rings is 1. The molecule has 2 rings (SSSR count). The quantitative estimate of drug-likeness (QED) is 0.590. The predicted molar refractivity (Wildman–Crippen MR) is 66.6 cm³/mol. The monoisotopic (exact) mass is 232 g/mol. The Kier molecular flexibility index (Phi) is 3.90. The van der Waals surface area contributed by atoms with Crippen molar-refractivity contribution in [2.45, 2.75) is 19.4 Å². The van der Waals surface area contributed by atoms with Gasteiger partial charge in [-0.15, -0.1) is 0 Å². The van der Waals surface area contributed by atoms with Crippen molar-refractivity contribution < 1.29 is 9.63 Å². The van der Waals surface area contributed by atoms with Gasteiger partial charge in [0, 0.05) is 17.1 Å². The Bertz CT molecular complexity index is 493. The summed E-state index contributed by atoms with van der Waals surface area (Å²) in [5, 5.41) is 1.15. The highest BCUT2D eigenvalue weighted by Crippen LogP contribution is 2.18. The molecule has 1 heterocycles. The Morgan fingerprint density at radius 2 is 2.29 bits per heavy atom. The van der Waals surface area contributed by atoms with Gasteiger partial charge < -0.3 is 14.6 Å². The summed E-state index contributed by atoms with van der Waals surface area (Å²) in [7, 11) is 0. The second-order valence-corrected chi connectivity index (χ2v) is 3.86. The fraction of sp³-hybridized carbons (Fsp3) is 0.308. The van der Waals surface area contributed by atoms with E-state index >= 15 is 0 Å². The van der Waals surface area contributed by atoms with E-state index in [1.807, 2.05) is 37.4 Å². The molecule has 0 bridgehead atoms. The molecular weight excluding hydrogens is 216 g/mol. The minimum atomic E-state index is -0.311. The first-order valence-corrected chi connectivity index (χ1v) is 5.72. The van der Waals surface area contributed by atoms with Crippen LogP contribution in [0.15, 0.2) is 30.5 Å². The van der Waals surface area contributed by atoms with E-state index in [9.17, 15) is 4.79 Å². The third-order valence-electron chi connectivity index (χ3n) is 2.66. The van der Waals surface area contributed by atoms with E-state index < -0.39 is 0 Å². The number of rotatable bonds is 6. The zero-order chi connectivity index (χ0) is 12.1. The molecule has 2 N–H and O–H groups in total. The van der Waals surface area contributed by atoms with E-state index in [1.54, 1.807) is 0 Å². The minimum absolute atomic E-state index is 0.311. The van der Waals surface area contributed by atoms with Crippen LogP contribution in [0, 0.1) is 0 Å². The molecule has 0 saturated carbocycles. The smallest absolute Gasteiger partial charge is 0.139 e. The first kappa shape index (κ1) is 11.8. The highest BCUT2D eigenvalue weighted by Gasteiger charge is 2.11. The minimum Gasteiger partial charge on any atom is -0.361 e. The molecule has 1 aromatic heterocycles. The van der Waals surface area contributed by atoms with Crippen LogP contribution in [0.5, 0.6) is 0 Å². The maximum atomic E-state index is 10.9. The van der Waals surface area contributed by atoms with Gasteiger partial charge in [-0.3, -0.25) is 0 Å². The largest absolute Gasteiger partial charge is 0.361 e. The summed E-state index contributed by atoms with van der Waals surface area (Å²) in [5.41, 5.74) is 4.94. The third kappa shape index (κ3) is 2.72. The lowest BCUT2D eigenvalue weighted by atomic mass is 10.1. The van der Waals surface area contributed by atoms with Gasteiger partial charge in [-0.1, -0.05) is 18.2 Å². The van der Waals surface area contributed by atoms with Gasteiger partial charge in [0.05, 0.1) is 12.6 Å². The van der Waals surface area contributed by atoms with E-state index in [4.69, 9.17) is 4.84 Å². The van der Waals surface area contributed by atoms with Crippen molar-refractivity contribution in [3.63, 3.8) is 0 Å². The second-order valence-electron chi connectivity index (χ2n) is 3.86. The highest BCUT2D eigenvalue weighted by atomic mass is 16.6. The number of aldehydes is 1. The summed E-state index contributed by atoms with van der Waals surface area (Å²) in [5.74, 6) is 0. The molecule has 4 heteroatoms. The number of hydrogen-bond acceptors (Lipinski definition) is 3. The molecule has 0 amide bonds. The number of carbonyl (C=O) groups is 1. The first-order valence-electron chi connectivity index (χ1n) is 5.72. The van der Waals surface area contributed by atoms with E-state index in [2.05, 4.69) is 10.5 Å². The molecule has 0 spiro atoms. The number of H-pyrrole nitrogens is 1. The maximum absolute atomic E-state index is 10.9. The topological polar surface area (TPSA) is 54.1 Å². The molecule has 4 nitrogen and oxygen atoms in total. The average Bonchev–Trinajstić information content (AvgIpc) is 2.78. The SMILES string of the molecule is CCON[C@H](C=O)Cc1c[nH]c2ccccc12. The molecule has 1 atom stereocenters. The molecule has 0 aliphatic rings. The van der Waals surface area contributed by atoms with Crippen LogP contribution in [0.3, 0.4) is 0 Å². The number of aromatic amines is 1. The number of fused-ring (bicyclic) bond motifs is 1. The van der Waals surface area contributed by atoms with E-state index in [-0.39, 0.29) is 6.04 Å². The van der Waals surface area contributed by atoms with Gasteiger partial charge in [0.25, 0.3) is 0 Å². The van der Waals surface area contributed by atoms with Crippen LogP contribution in [0.25, 0.3) is 10.9 Å². The average molecular weight is 232 g/mol. The molecule has 0 radical (unpaired) electrons. The molecule has 0 fully saturated rings. The van der Waals surface area contributed by atoms with Crippen LogP contribution in [-0.2, 0) is 16.1 Å². The van der Waals surface area contributed by atoms with Crippen molar-refractivity contribution in [3.8, 4) is 0 Å². The van der Waals surface area contributed by atoms with Crippen molar-refractivity contribution in [1.29, 1.82) is 0 Å². The third-order valence-corrected chi connectivity index (χ3v) is 2.66. The fourth-order valence-corrected chi connectivity index (χ4v) is 1.85. The molecule has 17 heavy (non-hydrogen) atoms. The van der Waals surface area contributed by atoms with Crippen LogP contribution < -0.4 is 5.48 Å². The molecule has 2 aromatic rings. The van der Waals surface area contributed by atoms with E-state index in [1.165, 1.54) is 0 Å². The number of para-hydroxylation sites is 1. The van der Waals surface area contributed by atoms with Gasteiger partial charge in [-0.2, -0.15) is 5.48 Å². The Morgan fingerprint density at radius 1 is 1.47 bits per heavy atom. The Labute approximate surface area is 99.9 Å². The second kappa shape index (κ2) is 5.61. The fourth-order valence-electron chi connectivity index (χ4n) is 1.85. The molecule has 0 aliphatic carbocycles. The van der Waals surface area contributed by atoms with Gasteiger partial charge in [0.1, 0.15) is 6.29 Å². The standard InChI is InChI=1S/C13H16N2O2/c1-2-17-15-11(9-16)7-10-8-14-13-6-4-3-5-12(10)13/h3-6,8-9,11,14-15H,2,7H2,1H3/t11-/m0/s1. The van der Waals surface area contributed by atoms with Crippen molar-refractivity contribution >= 4 is 17.2 Å². The van der Waals surface area contributed by atoms with Crippen LogP contribution in [-0.4, -0.2) is 23.9 Å². The van der Waals surface area contributed by atoms with Crippen LogP contribution in [0.4, 0.5) is 0 Å². The summed E-state index contributed by atoms with van der Waals surface area (Å²) in [4.78, 5) is 19.2. The first-order chi connectivity index (χ1) is 8.35. The maximum Gasteiger partial charge on any atom is 0.139 e. The molecule has 0 aliphatic heterocycles. The van der Waals surface area contributed by atoms with Gasteiger partial charge in [-0.05, 0) is 25.0 Å². The zero-order valence-corrected chi connectivity index (χ0v) is 9.77. The van der Waals surface area contributed by atoms with E-state index in [0.717, 1.165) is 22.8 Å². The molecule has 0 saturated heterocycles. The van der Waals surface area contributed by atoms with Crippen molar-refractivity contribution in [3.05, 3.63) is 36.0 Å². The Hall–Kier alpha value is -1.65. The molecular formula is C13H16N2O2. The van der Waals surface area contributed by atoms with Gasteiger partial charge in [0.2, 0.25) is 0 Å². The van der Waals surface area contributed by atoms with E-state index in [0.29, 0.717) is 13.0 Å². The lowest BCUT2D eigenvalue weighted by Crippen LogP contribution is -2.32. The number of aromatic nitrogens is 1. The lowest BCUT2D eigenvalue weighted by Gasteiger charge is -2.10. The van der Waals surface area contributed by atoms with Crippen molar-refractivity contribution in [2.75, 3.05) is 6.61 Å². The van der Waals surface area contributed by atoms with Crippen LogP contribution >= 0.6 is 0 Å². The van der Waals surface area contributed by atoms with Crippen molar-refractivity contribution in [1.82, 2.24) is 10.5 Å². The number of hydroxylamine groups is 1. The number of nitrogens with one attached hydrogen (secondary N) is 2. The van der Waals surface area contributed by atoms with Gasteiger partial charge in [-0.25, -0.2) is 0 Å². The summed E-state index contributed by atoms with van der Waals surface area (Å²) >= 11 is 0. The summed E-state index contributed by atoms with van der Waals surface area (Å²) in [6.07, 6.45) is 3.43. The number of carbonyl (C=O) groups excluding carboxylic acids is 1. The Balaban J connectivity index is 2.14. The summed E-state index contributed by atoms with van der Waals surface area (Å²) < 4.78 is 0. The molecule has 1 aromatic carbocycles. The van der Waals surface area contributed by atoms with Gasteiger partial charge in [0.15, 0.2) is 0 Å². The van der Waals surface area contributed by atoms with Crippen molar-refractivity contribution in [2.24, 2.45) is 0 Å². The van der Waals surface area contributed by atoms with Crippen LogP contribution in [0.2, 0.25) is 0 Å². The summed E-state index contributed by atoms with van der Waals surface area (Å²) in [6, 6.07) is 7.73. The number of hydrogen-bond donors (Lipinski definition) is 2.